The van der Waals surface area contributed by atoms with Crippen LogP contribution in [0.2, 0.25) is 0 Å². The first-order valence-corrected chi connectivity index (χ1v) is 11.0. The Morgan fingerprint density at radius 2 is 1.81 bits per heavy atom. The van der Waals surface area contributed by atoms with E-state index in [0.29, 0.717) is 22.6 Å². The lowest BCUT2D eigenvalue weighted by atomic mass is 9.85. The number of hydrogen-bond donors (Lipinski definition) is 2. The van der Waals surface area contributed by atoms with Crippen molar-refractivity contribution in [2.24, 2.45) is 0 Å². The van der Waals surface area contributed by atoms with Crippen LogP contribution in [-0.4, -0.2) is 55.4 Å². The van der Waals surface area contributed by atoms with E-state index in [1.165, 1.54) is 58.7 Å². The van der Waals surface area contributed by atoms with Gasteiger partial charge in [-0.15, -0.1) is 0 Å². The molecule has 1 heterocycles. The molecule has 0 saturated carbocycles. The quantitative estimate of drug-likeness (QED) is 0.270. The third-order valence-electron chi connectivity index (χ3n) is 5.59. The van der Waals surface area contributed by atoms with Gasteiger partial charge in [0.15, 0.2) is 17.2 Å². The van der Waals surface area contributed by atoms with Gasteiger partial charge in [-0.3, -0.25) is 4.79 Å². The van der Waals surface area contributed by atoms with Gasteiger partial charge >= 0.3 is 5.97 Å². The Kier molecular flexibility index (Phi) is 9.83. The van der Waals surface area contributed by atoms with Crippen LogP contribution in [0.3, 0.4) is 0 Å². The van der Waals surface area contributed by atoms with Crippen molar-refractivity contribution in [3.63, 3.8) is 0 Å². The lowest BCUT2D eigenvalue weighted by molar-refractivity contribution is -0.150. The van der Waals surface area contributed by atoms with Gasteiger partial charge in [0.25, 0.3) is 5.91 Å². The molecule has 2 N–H and O–H groups in total. The van der Waals surface area contributed by atoms with Crippen LogP contribution >= 0.6 is 0 Å². The number of methoxy groups -OCH3 is 3. The minimum Gasteiger partial charge on any atom is -0.503 e. The second-order valence-electron chi connectivity index (χ2n) is 7.83. The molecule has 0 aliphatic carbocycles. The number of hydrogen-bond acceptors (Lipinski definition) is 8. The van der Waals surface area contributed by atoms with E-state index in [4.69, 9.17) is 18.9 Å². The third kappa shape index (κ3) is 6.32. The highest BCUT2D eigenvalue weighted by Gasteiger charge is 2.32. The fraction of sp³-hybridized carbons (Fsp3) is 0.346. The first kappa shape index (κ1) is 28.2. The minimum absolute atomic E-state index is 0.0585. The number of carbonyl (C=O) groups excluding carboxylic acids is 2. The summed E-state index contributed by atoms with van der Waals surface area (Å²) >= 11 is 0. The number of amides is 1. The average Bonchev–Trinajstić information content (AvgIpc) is 2.86. The van der Waals surface area contributed by atoms with Gasteiger partial charge in [0.05, 0.1) is 33.0 Å². The van der Waals surface area contributed by atoms with Gasteiger partial charge in [-0.05, 0) is 39.0 Å². The first-order valence-electron chi connectivity index (χ1n) is 11.0. The molecule has 1 aromatic carbocycles. The number of nitrogens with one attached hydrogen (secondary N) is 1. The topological polar surface area (TPSA) is 116 Å². The number of nitrogens with zero attached hydrogens (tertiary/aromatic N) is 1. The number of carbonyl (C=O) groups is 2. The van der Waals surface area contributed by atoms with Crippen LogP contribution in [0.1, 0.15) is 42.7 Å². The molecule has 3 atom stereocenters. The zero-order valence-electron chi connectivity index (χ0n) is 21.1. The molecule has 0 aliphatic heterocycles. The smallest absolute Gasteiger partial charge is 0.328 e. The Labute approximate surface area is 209 Å². The molecule has 10 heteroatoms. The molecule has 2 rings (SSSR count). The number of aromatic hydroxyl groups is 1. The third-order valence-corrected chi connectivity index (χ3v) is 5.59. The minimum atomic E-state index is -1.11. The van der Waals surface area contributed by atoms with E-state index in [0.717, 1.165) is 0 Å². The summed E-state index contributed by atoms with van der Waals surface area (Å²) in [6.45, 7) is 8.60. The van der Waals surface area contributed by atoms with E-state index >= 15 is 0 Å². The van der Waals surface area contributed by atoms with E-state index in [1.54, 1.807) is 19.9 Å². The SMILES string of the molecule is C=C/C(=C(\C)OC)C(c1cc(F)ccc1OC)[C@H](C)OC(=O)[C@H](C)NC(=O)c1nccc(OC)c1O. The molecule has 194 valence electrons. The molecular weight excluding hydrogens is 471 g/mol. The van der Waals surface area contributed by atoms with Crippen molar-refractivity contribution in [3.8, 4) is 17.2 Å². The molecule has 0 fully saturated rings. The Morgan fingerprint density at radius 1 is 1.14 bits per heavy atom. The second-order valence-corrected chi connectivity index (χ2v) is 7.83. The molecule has 0 spiro atoms. The summed E-state index contributed by atoms with van der Waals surface area (Å²) in [6, 6.07) is 4.31. The number of esters is 1. The Morgan fingerprint density at radius 3 is 2.39 bits per heavy atom. The summed E-state index contributed by atoms with van der Waals surface area (Å²) in [7, 11) is 4.26. The Balaban J connectivity index is 2.33. The van der Waals surface area contributed by atoms with Gasteiger partial charge in [-0.2, -0.15) is 0 Å². The highest BCUT2D eigenvalue weighted by atomic mass is 19.1. The van der Waals surface area contributed by atoms with Gasteiger partial charge < -0.3 is 29.4 Å². The molecule has 1 aromatic heterocycles. The van der Waals surface area contributed by atoms with Gasteiger partial charge in [0, 0.05) is 23.4 Å². The Bertz CT molecular complexity index is 1150. The molecule has 0 aliphatic rings. The molecule has 0 radical (unpaired) electrons. The summed E-state index contributed by atoms with van der Waals surface area (Å²) < 4.78 is 35.7. The zero-order valence-corrected chi connectivity index (χ0v) is 21.1. The van der Waals surface area contributed by atoms with Crippen LogP contribution in [-0.2, 0) is 14.3 Å². The van der Waals surface area contributed by atoms with Crippen molar-refractivity contribution in [2.45, 2.75) is 38.8 Å². The maximum atomic E-state index is 14.2. The number of benzene rings is 1. The number of pyridine rings is 1. The largest absolute Gasteiger partial charge is 0.503 e. The highest BCUT2D eigenvalue weighted by molar-refractivity contribution is 5.97. The monoisotopic (exact) mass is 502 g/mol. The lowest BCUT2D eigenvalue weighted by Gasteiger charge is -2.29. The van der Waals surface area contributed by atoms with Crippen molar-refractivity contribution in [1.82, 2.24) is 10.3 Å². The normalized spacial score (nSPS) is 14.0. The fourth-order valence-electron chi connectivity index (χ4n) is 3.67. The highest BCUT2D eigenvalue weighted by Crippen LogP contribution is 2.38. The fourth-order valence-corrected chi connectivity index (χ4v) is 3.67. The van der Waals surface area contributed by atoms with Crippen LogP contribution in [0.15, 0.2) is 54.4 Å². The predicted molar refractivity (Wildman–Crippen MR) is 131 cm³/mol. The van der Waals surface area contributed by atoms with Crippen molar-refractivity contribution in [3.05, 3.63) is 71.5 Å². The van der Waals surface area contributed by atoms with Crippen LogP contribution in [0, 0.1) is 5.82 Å². The van der Waals surface area contributed by atoms with Crippen LogP contribution < -0.4 is 14.8 Å². The number of aromatic nitrogens is 1. The van der Waals surface area contributed by atoms with E-state index in [-0.39, 0.29) is 11.4 Å². The summed E-state index contributed by atoms with van der Waals surface area (Å²) in [5.74, 6) is -2.30. The van der Waals surface area contributed by atoms with Crippen molar-refractivity contribution >= 4 is 11.9 Å². The first-order chi connectivity index (χ1) is 17.1. The number of halogens is 1. The maximum absolute atomic E-state index is 14.2. The van der Waals surface area contributed by atoms with Crippen molar-refractivity contribution < 1.29 is 38.0 Å². The van der Waals surface area contributed by atoms with Gasteiger partial charge in [0.2, 0.25) is 0 Å². The van der Waals surface area contributed by atoms with Crippen LogP contribution in [0.25, 0.3) is 0 Å². The molecule has 1 amide bonds. The van der Waals surface area contributed by atoms with Gasteiger partial charge in [0.1, 0.15) is 23.7 Å². The molecule has 2 aromatic rings. The number of ether oxygens (including phenoxy) is 4. The number of allylic oxidation sites excluding steroid dienone is 2. The van der Waals surface area contributed by atoms with Gasteiger partial charge in [-0.1, -0.05) is 12.7 Å². The summed E-state index contributed by atoms with van der Waals surface area (Å²) in [6.07, 6.45) is 1.98. The predicted octanol–water partition coefficient (Wildman–Crippen LogP) is 3.88. The van der Waals surface area contributed by atoms with Crippen molar-refractivity contribution in [1.29, 1.82) is 0 Å². The number of rotatable bonds is 11. The average molecular weight is 503 g/mol. The molecule has 36 heavy (non-hydrogen) atoms. The lowest BCUT2D eigenvalue weighted by Crippen LogP contribution is -2.41. The van der Waals surface area contributed by atoms with E-state index in [9.17, 15) is 19.1 Å². The van der Waals surface area contributed by atoms with E-state index in [2.05, 4.69) is 16.9 Å². The molecule has 1 unspecified atom stereocenters. The van der Waals surface area contributed by atoms with Gasteiger partial charge in [-0.25, -0.2) is 14.2 Å². The summed E-state index contributed by atoms with van der Waals surface area (Å²) in [5, 5.41) is 12.6. The van der Waals surface area contributed by atoms with Crippen LogP contribution in [0.4, 0.5) is 4.39 Å². The standard InChI is InChI=1S/C26H31FN2O7/c1-8-18(15(3)33-5)22(19-13-17(27)9-10-20(19)34-6)16(4)36-26(32)14(2)29-25(31)23-24(30)21(35-7)11-12-28-23/h8-14,16,22,30H,1H2,2-7H3,(H,29,31)/b18-15-/t14-,16-,22?/m0/s1. The molecule has 9 nitrogen and oxygen atoms in total. The van der Waals surface area contributed by atoms with E-state index < -0.39 is 41.5 Å². The molecule has 0 saturated heterocycles. The second kappa shape index (κ2) is 12.6. The summed E-state index contributed by atoms with van der Waals surface area (Å²) in [4.78, 5) is 29.4. The maximum Gasteiger partial charge on any atom is 0.328 e. The zero-order chi connectivity index (χ0) is 27.0. The van der Waals surface area contributed by atoms with Crippen molar-refractivity contribution in [2.75, 3.05) is 21.3 Å². The molecule has 0 bridgehead atoms. The Hall–Kier alpha value is -4.08. The van der Waals surface area contributed by atoms with E-state index in [1.807, 2.05) is 0 Å². The molecular formula is C26H31FN2O7. The van der Waals surface area contributed by atoms with Crippen LogP contribution in [0.5, 0.6) is 17.2 Å². The summed E-state index contributed by atoms with van der Waals surface area (Å²) in [5.41, 5.74) is 0.673.